The number of ether oxygens (including phenoxy) is 3. The van der Waals surface area contributed by atoms with Crippen LogP contribution in [-0.2, 0) is 9.84 Å². The smallest absolute Gasteiger partial charge is 0.164 e. The topological polar surface area (TPSA) is 82.1 Å². The van der Waals surface area contributed by atoms with E-state index in [1.807, 2.05) is 0 Å². The van der Waals surface area contributed by atoms with Crippen molar-refractivity contribution in [3.63, 3.8) is 0 Å². The minimum atomic E-state index is -3.03. The van der Waals surface area contributed by atoms with Gasteiger partial charge in [-0.25, -0.2) is 8.42 Å². The van der Waals surface area contributed by atoms with E-state index in [-0.39, 0.29) is 5.75 Å². The highest BCUT2D eigenvalue weighted by Gasteiger charge is 2.18. The molecule has 1 N–H and O–H groups in total. The highest BCUT2D eigenvalue weighted by atomic mass is 32.2. The van der Waals surface area contributed by atoms with Crippen LogP contribution in [0.4, 0.5) is 0 Å². The van der Waals surface area contributed by atoms with Gasteiger partial charge in [0.05, 0.1) is 27.4 Å². The van der Waals surface area contributed by atoms with Crippen molar-refractivity contribution in [2.75, 3.05) is 33.3 Å². The number of aliphatic hydroxyl groups is 1. The first kappa shape index (κ1) is 17.6. The van der Waals surface area contributed by atoms with Crippen LogP contribution in [-0.4, -0.2) is 46.9 Å². The van der Waals surface area contributed by atoms with Crippen molar-refractivity contribution < 1.29 is 27.7 Å². The van der Waals surface area contributed by atoms with Crippen LogP contribution in [0.5, 0.6) is 17.2 Å². The van der Waals surface area contributed by atoms with Crippen LogP contribution in [0.25, 0.3) is 0 Å². The second kappa shape index (κ2) is 7.51. The predicted molar refractivity (Wildman–Crippen MR) is 80.0 cm³/mol. The minimum absolute atomic E-state index is 0.0413. The molecule has 6 nitrogen and oxygen atoms in total. The van der Waals surface area contributed by atoms with Crippen LogP contribution >= 0.6 is 0 Å². The minimum Gasteiger partial charge on any atom is -0.496 e. The molecule has 0 saturated heterocycles. The van der Waals surface area contributed by atoms with Gasteiger partial charge >= 0.3 is 0 Å². The van der Waals surface area contributed by atoms with Crippen molar-refractivity contribution >= 4 is 9.84 Å². The van der Waals surface area contributed by atoms with Gasteiger partial charge in [-0.2, -0.15) is 0 Å². The third kappa shape index (κ3) is 5.09. The van der Waals surface area contributed by atoms with Gasteiger partial charge in [-0.05, 0) is 18.9 Å². The molecule has 1 rings (SSSR count). The molecular weight excluding hydrogens is 296 g/mol. The Balaban J connectivity index is 2.94. The number of aliphatic hydroxyl groups excluding tert-OH is 1. The molecule has 0 aromatic heterocycles. The number of benzene rings is 1. The van der Waals surface area contributed by atoms with Crippen molar-refractivity contribution in [2.24, 2.45) is 0 Å². The van der Waals surface area contributed by atoms with Crippen molar-refractivity contribution in [1.29, 1.82) is 0 Å². The van der Waals surface area contributed by atoms with Gasteiger partial charge in [-0.1, -0.05) is 0 Å². The fourth-order valence-electron chi connectivity index (χ4n) is 2.01. The molecule has 0 fully saturated rings. The van der Waals surface area contributed by atoms with Gasteiger partial charge in [0.15, 0.2) is 11.5 Å². The van der Waals surface area contributed by atoms with E-state index in [0.717, 1.165) is 0 Å². The molecule has 0 aliphatic rings. The fourth-order valence-corrected chi connectivity index (χ4v) is 2.70. The molecular formula is C14H22O6S. The van der Waals surface area contributed by atoms with E-state index in [0.29, 0.717) is 35.7 Å². The molecule has 1 aromatic carbocycles. The van der Waals surface area contributed by atoms with Gasteiger partial charge in [0.25, 0.3) is 0 Å². The van der Waals surface area contributed by atoms with Crippen molar-refractivity contribution in [3.05, 3.63) is 17.7 Å². The van der Waals surface area contributed by atoms with Crippen LogP contribution in [0.2, 0.25) is 0 Å². The maximum absolute atomic E-state index is 11.1. The molecule has 1 atom stereocenters. The van der Waals surface area contributed by atoms with Crippen molar-refractivity contribution in [1.82, 2.24) is 0 Å². The Morgan fingerprint density at radius 1 is 1.05 bits per heavy atom. The summed E-state index contributed by atoms with van der Waals surface area (Å²) in [5.74, 6) is 1.50. The number of rotatable bonds is 8. The molecule has 0 spiro atoms. The molecule has 21 heavy (non-hydrogen) atoms. The lowest BCUT2D eigenvalue weighted by Gasteiger charge is -2.17. The zero-order valence-electron chi connectivity index (χ0n) is 12.8. The highest BCUT2D eigenvalue weighted by molar-refractivity contribution is 7.90. The number of hydrogen-bond donors (Lipinski definition) is 1. The summed E-state index contributed by atoms with van der Waals surface area (Å²) in [6, 6.07) is 3.27. The molecule has 0 amide bonds. The summed E-state index contributed by atoms with van der Waals surface area (Å²) >= 11 is 0. The molecule has 0 bridgehead atoms. The Morgan fingerprint density at radius 3 is 2.05 bits per heavy atom. The molecule has 0 saturated carbocycles. The Morgan fingerprint density at radius 2 is 1.57 bits per heavy atom. The standard InChI is InChI=1S/C14H22O6S/c1-18-12-9-14(20-3)13(19-2)8-10(12)11(15)6-5-7-21(4,16)17/h8-9,11,15H,5-7H2,1-4H3. The van der Waals surface area contributed by atoms with Gasteiger partial charge < -0.3 is 19.3 Å². The van der Waals surface area contributed by atoms with E-state index < -0.39 is 15.9 Å². The van der Waals surface area contributed by atoms with E-state index >= 15 is 0 Å². The molecule has 120 valence electrons. The summed E-state index contributed by atoms with van der Waals surface area (Å²) in [6.45, 7) is 0. The second-order valence-corrected chi connectivity index (χ2v) is 7.00. The van der Waals surface area contributed by atoms with Gasteiger partial charge in [0.2, 0.25) is 0 Å². The monoisotopic (exact) mass is 318 g/mol. The van der Waals surface area contributed by atoms with E-state index in [1.165, 1.54) is 27.6 Å². The Hall–Kier alpha value is -1.47. The predicted octanol–water partition coefficient (Wildman–Crippen LogP) is 1.57. The van der Waals surface area contributed by atoms with Crippen LogP contribution < -0.4 is 14.2 Å². The molecule has 0 heterocycles. The summed E-state index contributed by atoms with van der Waals surface area (Å²) in [5.41, 5.74) is 0.545. The van der Waals surface area contributed by atoms with E-state index in [4.69, 9.17) is 14.2 Å². The summed E-state index contributed by atoms with van der Waals surface area (Å²) < 4.78 is 37.8. The third-order valence-electron chi connectivity index (χ3n) is 3.09. The van der Waals surface area contributed by atoms with Crippen LogP contribution in [0, 0.1) is 0 Å². The largest absolute Gasteiger partial charge is 0.496 e. The Kier molecular flexibility index (Phi) is 6.29. The number of hydrogen-bond acceptors (Lipinski definition) is 6. The van der Waals surface area contributed by atoms with Gasteiger partial charge in [-0.3, -0.25) is 0 Å². The normalized spacial score (nSPS) is 12.8. The van der Waals surface area contributed by atoms with Crippen LogP contribution in [0.1, 0.15) is 24.5 Å². The first-order valence-electron chi connectivity index (χ1n) is 6.48. The molecule has 1 unspecified atom stereocenters. The average molecular weight is 318 g/mol. The first-order valence-corrected chi connectivity index (χ1v) is 8.54. The van der Waals surface area contributed by atoms with Crippen molar-refractivity contribution in [3.8, 4) is 17.2 Å². The van der Waals surface area contributed by atoms with Gasteiger partial charge in [0.1, 0.15) is 15.6 Å². The van der Waals surface area contributed by atoms with E-state index in [2.05, 4.69) is 0 Å². The van der Waals surface area contributed by atoms with Gasteiger partial charge in [0, 0.05) is 23.6 Å². The Labute approximate surface area is 125 Å². The maximum Gasteiger partial charge on any atom is 0.164 e. The zero-order chi connectivity index (χ0) is 16.0. The molecule has 0 radical (unpaired) electrons. The summed E-state index contributed by atoms with van der Waals surface area (Å²) in [5, 5.41) is 10.2. The SMILES string of the molecule is COc1cc(OC)c(C(O)CCCS(C)(=O)=O)cc1OC. The summed E-state index contributed by atoms with van der Waals surface area (Å²) in [7, 11) is 1.48. The zero-order valence-corrected chi connectivity index (χ0v) is 13.6. The first-order chi connectivity index (χ1) is 9.82. The van der Waals surface area contributed by atoms with Crippen LogP contribution in [0.3, 0.4) is 0 Å². The second-order valence-electron chi connectivity index (χ2n) is 4.74. The average Bonchev–Trinajstić information content (AvgIpc) is 2.44. The summed E-state index contributed by atoms with van der Waals surface area (Å²) in [6.07, 6.45) is 1.04. The van der Waals surface area contributed by atoms with E-state index in [1.54, 1.807) is 12.1 Å². The lowest BCUT2D eigenvalue weighted by molar-refractivity contribution is 0.162. The summed E-state index contributed by atoms with van der Waals surface area (Å²) in [4.78, 5) is 0. The quantitative estimate of drug-likeness (QED) is 0.783. The Bertz CT molecular complexity index is 567. The third-order valence-corrected chi connectivity index (χ3v) is 4.12. The van der Waals surface area contributed by atoms with Crippen LogP contribution in [0.15, 0.2) is 12.1 Å². The lowest BCUT2D eigenvalue weighted by Crippen LogP contribution is -2.07. The van der Waals surface area contributed by atoms with E-state index in [9.17, 15) is 13.5 Å². The highest BCUT2D eigenvalue weighted by Crippen LogP contribution is 2.38. The molecule has 7 heteroatoms. The number of sulfone groups is 1. The molecule has 0 aliphatic heterocycles. The fraction of sp³-hybridized carbons (Fsp3) is 0.571. The maximum atomic E-state index is 11.1. The van der Waals surface area contributed by atoms with Gasteiger partial charge in [-0.15, -0.1) is 0 Å². The van der Waals surface area contributed by atoms with Crippen molar-refractivity contribution in [2.45, 2.75) is 18.9 Å². The lowest BCUT2D eigenvalue weighted by atomic mass is 10.0. The molecule has 1 aromatic rings. The molecule has 0 aliphatic carbocycles. The number of methoxy groups -OCH3 is 3.